The molecule has 0 atom stereocenters. The quantitative estimate of drug-likeness (QED) is 0.364. The molecule has 0 bridgehead atoms. The second-order valence-electron chi connectivity index (χ2n) is 8.24. The van der Waals surface area contributed by atoms with E-state index in [1.807, 2.05) is 44.2 Å². The van der Waals surface area contributed by atoms with Gasteiger partial charge < -0.3 is 14.5 Å². The molecule has 1 aliphatic carbocycles. The fourth-order valence-corrected chi connectivity index (χ4v) is 4.59. The highest BCUT2D eigenvalue weighted by atomic mass is 16.7. The Labute approximate surface area is 174 Å². The fraction of sp³-hybridized carbons (Fsp3) is 0.280. The number of aromatic nitrogens is 1. The Hall–Kier alpha value is -3.34. The third-order valence-corrected chi connectivity index (χ3v) is 6.00. The SMILES string of the molecule is Cc1cc(C)c2[nH]c(-c3ccccc3)c(C=C3C(=O)OC4(CCCC4)OC3=O)c2c1. The van der Waals surface area contributed by atoms with E-state index < -0.39 is 17.7 Å². The van der Waals surface area contributed by atoms with Crippen LogP contribution in [-0.2, 0) is 19.1 Å². The van der Waals surface area contributed by atoms with Gasteiger partial charge in [-0.1, -0.05) is 42.0 Å². The summed E-state index contributed by atoms with van der Waals surface area (Å²) in [7, 11) is 0. The molecular weight excluding hydrogens is 378 g/mol. The molecule has 0 radical (unpaired) electrons. The van der Waals surface area contributed by atoms with Gasteiger partial charge in [-0.25, -0.2) is 9.59 Å². The molecule has 2 aliphatic rings. The standard InChI is InChI=1S/C25H23NO4/c1-15-12-16(2)21-18(13-15)19(22(26-21)17-8-4-3-5-9-17)14-20-23(27)29-25(30-24(20)28)10-6-7-11-25/h3-5,8-9,12-14,26H,6-7,10-11H2,1-2H3. The van der Waals surface area contributed by atoms with Crippen molar-refractivity contribution in [3.05, 3.63) is 64.7 Å². The van der Waals surface area contributed by atoms with Gasteiger partial charge >= 0.3 is 11.9 Å². The van der Waals surface area contributed by atoms with Gasteiger partial charge in [0.25, 0.3) is 5.79 Å². The molecule has 1 spiro atoms. The topological polar surface area (TPSA) is 68.4 Å². The third-order valence-electron chi connectivity index (χ3n) is 6.00. The number of carbonyl (C=O) groups excluding carboxylic acids is 2. The van der Waals surface area contributed by atoms with Crippen LogP contribution in [0, 0.1) is 13.8 Å². The lowest BCUT2D eigenvalue weighted by molar-refractivity contribution is -0.232. The molecule has 1 N–H and O–H groups in total. The molecule has 1 saturated heterocycles. The van der Waals surface area contributed by atoms with Crippen LogP contribution >= 0.6 is 0 Å². The number of benzene rings is 2. The highest BCUT2D eigenvalue weighted by molar-refractivity contribution is 6.20. The number of carbonyl (C=O) groups is 2. The smallest absolute Gasteiger partial charge is 0.348 e. The monoisotopic (exact) mass is 401 g/mol. The van der Waals surface area contributed by atoms with Crippen molar-refractivity contribution in [2.75, 3.05) is 0 Å². The average Bonchev–Trinajstić information content (AvgIpc) is 3.30. The number of aromatic amines is 1. The van der Waals surface area contributed by atoms with E-state index in [-0.39, 0.29) is 5.57 Å². The van der Waals surface area contributed by atoms with Crippen LogP contribution in [0.1, 0.15) is 42.4 Å². The first-order valence-electron chi connectivity index (χ1n) is 10.3. The molecule has 1 saturated carbocycles. The lowest BCUT2D eigenvalue weighted by atomic mass is 10.00. The maximum Gasteiger partial charge on any atom is 0.348 e. The zero-order valence-corrected chi connectivity index (χ0v) is 17.1. The van der Waals surface area contributed by atoms with Crippen molar-refractivity contribution in [2.45, 2.75) is 45.3 Å². The Morgan fingerprint density at radius 2 is 1.63 bits per heavy atom. The van der Waals surface area contributed by atoms with E-state index in [1.165, 1.54) is 0 Å². The number of esters is 2. The van der Waals surface area contributed by atoms with Crippen LogP contribution < -0.4 is 0 Å². The van der Waals surface area contributed by atoms with Gasteiger partial charge in [-0.15, -0.1) is 0 Å². The molecule has 2 aromatic carbocycles. The van der Waals surface area contributed by atoms with E-state index >= 15 is 0 Å². The van der Waals surface area contributed by atoms with Crippen molar-refractivity contribution >= 4 is 28.9 Å². The van der Waals surface area contributed by atoms with Gasteiger partial charge in [0.1, 0.15) is 5.57 Å². The van der Waals surface area contributed by atoms with Gasteiger partial charge in [-0.05, 0) is 50.0 Å². The summed E-state index contributed by atoms with van der Waals surface area (Å²) < 4.78 is 11.2. The van der Waals surface area contributed by atoms with E-state index in [4.69, 9.17) is 9.47 Å². The average molecular weight is 401 g/mol. The first kappa shape index (κ1) is 18.7. The molecule has 5 heteroatoms. The number of nitrogens with one attached hydrogen (secondary N) is 1. The third kappa shape index (κ3) is 3.02. The highest BCUT2D eigenvalue weighted by Gasteiger charge is 2.48. The highest BCUT2D eigenvalue weighted by Crippen LogP contribution is 2.40. The van der Waals surface area contributed by atoms with Gasteiger partial charge in [0.15, 0.2) is 0 Å². The molecule has 30 heavy (non-hydrogen) atoms. The van der Waals surface area contributed by atoms with Crippen molar-refractivity contribution in [2.24, 2.45) is 0 Å². The Morgan fingerprint density at radius 3 is 2.30 bits per heavy atom. The number of hydrogen-bond donors (Lipinski definition) is 1. The first-order valence-corrected chi connectivity index (χ1v) is 10.3. The molecule has 1 aliphatic heterocycles. The maximum absolute atomic E-state index is 12.8. The van der Waals surface area contributed by atoms with E-state index in [1.54, 1.807) is 6.08 Å². The number of hydrogen-bond acceptors (Lipinski definition) is 4. The first-order chi connectivity index (χ1) is 14.5. The van der Waals surface area contributed by atoms with Gasteiger partial charge in [0.05, 0.1) is 5.69 Å². The van der Waals surface area contributed by atoms with Crippen LogP contribution in [0.2, 0.25) is 0 Å². The van der Waals surface area contributed by atoms with Crippen LogP contribution in [0.4, 0.5) is 0 Å². The summed E-state index contributed by atoms with van der Waals surface area (Å²) in [4.78, 5) is 29.1. The van der Waals surface area contributed by atoms with E-state index in [0.29, 0.717) is 12.8 Å². The Morgan fingerprint density at radius 1 is 0.967 bits per heavy atom. The van der Waals surface area contributed by atoms with Crippen molar-refractivity contribution in [3.8, 4) is 11.3 Å². The molecule has 1 aromatic heterocycles. The predicted molar refractivity (Wildman–Crippen MR) is 115 cm³/mol. The number of aryl methyl sites for hydroxylation is 2. The van der Waals surface area contributed by atoms with Crippen LogP contribution in [0.3, 0.4) is 0 Å². The van der Waals surface area contributed by atoms with Crippen LogP contribution in [0.5, 0.6) is 0 Å². The minimum absolute atomic E-state index is 0.0650. The van der Waals surface area contributed by atoms with Crippen molar-refractivity contribution in [3.63, 3.8) is 0 Å². The normalized spacial score (nSPS) is 18.0. The summed E-state index contributed by atoms with van der Waals surface area (Å²) in [6.07, 6.45) is 4.53. The molecule has 5 nitrogen and oxygen atoms in total. The molecular formula is C25H23NO4. The van der Waals surface area contributed by atoms with E-state index in [0.717, 1.165) is 51.7 Å². The molecule has 2 fully saturated rings. The minimum Gasteiger partial charge on any atom is -0.419 e. The predicted octanol–water partition coefficient (Wildman–Crippen LogP) is 5.21. The Balaban J connectivity index is 1.68. The summed E-state index contributed by atoms with van der Waals surface area (Å²) in [6, 6.07) is 14.1. The minimum atomic E-state index is -1.07. The summed E-state index contributed by atoms with van der Waals surface area (Å²) in [6.45, 7) is 4.08. The van der Waals surface area contributed by atoms with Gasteiger partial charge in [0.2, 0.25) is 0 Å². The maximum atomic E-state index is 12.8. The largest absolute Gasteiger partial charge is 0.419 e. The molecule has 2 heterocycles. The zero-order chi connectivity index (χ0) is 20.9. The molecule has 152 valence electrons. The van der Waals surface area contributed by atoms with Crippen molar-refractivity contribution in [1.29, 1.82) is 0 Å². The molecule has 3 aromatic rings. The lowest BCUT2D eigenvalue weighted by Gasteiger charge is -2.32. The zero-order valence-electron chi connectivity index (χ0n) is 17.1. The lowest BCUT2D eigenvalue weighted by Crippen LogP contribution is -2.44. The van der Waals surface area contributed by atoms with Crippen molar-refractivity contribution < 1.29 is 19.1 Å². The van der Waals surface area contributed by atoms with Gasteiger partial charge in [0, 0.05) is 29.3 Å². The number of H-pyrrole nitrogens is 1. The molecule has 5 rings (SSSR count). The van der Waals surface area contributed by atoms with E-state index in [9.17, 15) is 9.59 Å². The van der Waals surface area contributed by atoms with Crippen LogP contribution in [-0.4, -0.2) is 22.7 Å². The Kier molecular flexibility index (Phi) is 4.28. The molecule has 0 amide bonds. The summed E-state index contributed by atoms with van der Waals surface area (Å²) in [5.74, 6) is -2.28. The summed E-state index contributed by atoms with van der Waals surface area (Å²) in [5, 5.41) is 0.959. The number of rotatable bonds is 2. The number of ether oxygens (including phenoxy) is 2. The van der Waals surface area contributed by atoms with Crippen LogP contribution in [0.15, 0.2) is 48.0 Å². The van der Waals surface area contributed by atoms with Crippen LogP contribution in [0.25, 0.3) is 28.2 Å². The summed E-state index contributed by atoms with van der Waals surface area (Å²) >= 11 is 0. The second kappa shape index (κ2) is 6.87. The number of fused-ring (bicyclic) bond motifs is 1. The van der Waals surface area contributed by atoms with E-state index in [2.05, 4.69) is 17.1 Å². The van der Waals surface area contributed by atoms with Gasteiger partial charge in [-0.3, -0.25) is 0 Å². The second-order valence-corrected chi connectivity index (χ2v) is 8.24. The van der Waals surface area contributed by atoms with Gasteiger partial charge in [-0.2, -0.15) is 0 Å². The Bertz CT molecular complexity index is 1170. The molecule has 0 unspecified atom stereocenters. The fourth-order valence-electron chi connectivity index (χ4n) is 4.59. The summed E-state index contributed by atoms with van der Waals surface area (Å²) in [5.41, 5.74) is 5.74. The van der Waals surface area contributed by atoms with Crippen molar-refractivity contribution in [1.82, 2.24) is 4.98 Å².